The van der Waals surface area contributed by atoms with Crippen LogP contribution in [0.15, 0.2) is 48.9 Å². The Morgan fingerprint density at radius 2 is 1.83 bits per heavy atom. The van der Waals surface area contributed by atoms with Crippen LogP contribution in [-0.4, -0.2) is 41.1 Å². The van der Waals surface area contributed by atoms with Crippen molar-refractivity contribution >= 4 is 47.2 Å². The highest BCUT2D eigenvalue weighted by atomic mass is 35.5. The Morgan fingerprint density at radius 3 is 2.42 bits per heavy atom. The van der Waals surface area contributed by atoms with Crippen LogP contribution in [0.5, 0.6) is 11.6 Å². The van der Waals surface area contributed by atoms with Gasteiger partial charge in [-0.3, -0.25) is 10.4 Å². The Labute approximate surface area is 226 Å². The predicted octanol–water partition coefficient (Wildman–Crippen LogP) is 5.60. The molecular formula is C26H29Cl2N5O2S. The molecule has 0 unspecified atom stereocenters. The summed E-state index contributed by atoms with van der Waals surface area (Å²) in [6, 6.07) is 8.84. The van der Waals surface area contributed by atoms with E-state index in [9.17, 15) is 0 Å². The summed E-state index contributed by atoms with van der Waals surface area (Å²) in [5.41, 5.74) is 9.19. The molecule has 2 fully saturated rings. The zero-order valence-corrected chi connectivity index (χ0v) is 22.5. The topological polar surface area (TPSA) is 106 Å². The molecule has 190 valence electrons. The highest BCUT2D eigenvalue weighted by Crippen LogP contribution is 2.45. The summed E-state index contributed by atoms with van der Waals surface area (Å²) in [5.74, 6) is 1.12. The predicted molar refractivity (Wildman–Crippen MR) is 148 cm³/mol. The molecule has 0 bridgehead atoms. The van der Waals surface area contributed by atoms with Gasteiger partial charge in [-0.25, -0.2) is 4.98 Å². The van der Waals surface area contributed by atoms with Gasteiger partial charge in [-0.05, 0) is 50.3 Å². The van der Waals surface area contributed by atoms with Crippen LogP contribution in [-0.2, 0) is 0 Å². The molecule has 5 rings (SSSR count). The van der Waals surface area contributed by atoms with Gasteiger partial charge in [0.05, 0.1) is 15.8 Å². The standard InChI is InChI=1S/C25H25Cl2N5O2.CH4S/c1-14(23-19(26)10-30-11-20(23)27)33-16-3-4-21(28)18(6-16)24(29)15-2-5-22(32-9-15)34-17-7-25(8-17)12-31-13-25;1-2/h2-6,9-11,14,17,29,31H,7-8,12-13,28H2,1H3;2H,1H3/t14-;/m1./s1. The van der Waals surface area contributed by atoms with Crippen LogP contribution in [0, 0.1) is 10.8 Å². The van der Waals surface area contributed by atoms with Crippen molar-refractivity contribution in [1.29, 1.82) is 5.41 Å². The van der Waals surface area contributed by atoms with Crippen LogP contribution in [0.1, 0.15) is 42.6 Å². The molecule has 3 heterocycles. The van der Waals surface area contributed by atoms with E-state index in [0.717, 1.165) is 25.9 Å². The Kier molecular flexibility index (Phi) is 8.30. The van der Waals surface area contributed by atoms with Crippen molar-refractivity contribution < 1.29 is 9.47 Å². The lowest BCUT2D eigenvalue weighted by Gasteiger charge is -2.53. The molecule has 1 saturated heterocycles. The lowest BCUT2D eigenvalue weighted by atomic mass is 9.63. The number of nitrogens with two attached hydrogens (primary N) is 1. The summed E-state index contributed by atoms with van der Waals surface area (Å²) in [5, 5.41) is 12.9. The molecule has 1 aromatic carbocycles. The molecule has 0 radical (unpaired) electrons. The van der Waals surface area contributed by atoms with Gasteiger partial charge < -0.3 is 20.5 Å². The summed E-state index contributed by atoms with van der Waals surface area (Å²) in [4.78, 5) is 8.39. The van der Waals surface area contributed by atoms with E-state index in [-0.39, 0.29) is 11.8 Å². The first-order chi connectivity index (χ1) is 17.3. The molecular weight excluding hydrogens is 517 g/mol. The van der Waals surface area contributed by atoms with Crippen LogP contribution < -0.4 is 20.5 Å². The largest absolute Gasteiger partial charge is 0.486 e. The monoisotopic (exact) mass is 545 g/mol. The normalized spacial score (nSPS) is 16.7. The molecule has 1 atom stereocenters. The number of anilines is 1. The Bertz CT molecular complexity index is 1210. The third kappa shape index (κ3) is 5.57. The van der Waals surface area contributed by atoms with Crippen molar-refractivity contribution in [3.63, 3.8) is 0 Å². The van der Waals surface area contributed by atoms with E-state index in [1.807, 2.05) is 13.0 Å². The first-order valence-electron chi connectivity index (χ1n) is 11.6. The van der Waals surface area contributed by atoms with Gasteiger partial charge in [0.25, 0.3) is 0 Å². The Hall–Kier alpha value is -2.52. The van der Waals surface area contributed by atoms with E-state index >= 15 is 0 Å². The Morgan fingerprint density at radius 1 is 1.14 bits per heavy atom. The maximum atomic E-state index is 8.69. The second kappa shape index (κ2) is 11.3. The fourth-order valence-electron chi connectivity index (χ4n) is 4.58. The van der Waals surface area contributed by atoms with E-state index < -0.39 is 6.10 Å². The second-order valence-corrected chi connectivity index (χ2v) is 9.85. The van der Waals surface area contributed by atoms with Gasteiger partial charge in [0, 0.05) is 65.5 Å². The quantitative estimate of drug-likeness (QED) is 0.175. The van der Waals surface area contributed by atoms with Crippen molar-refractivity contribution in [2.75, 3.05) is 25.1 Å². The fourth-order valence-corrected chi connectivity index (χ4v) is 5.25. The number of benzene rings is 1. The van der Waals surface area contributed by atoms with Gasteiger partial charge in [-0.2, -0.15) is 12.6 Å². The minimum atomic E-state index is -0.423. The van der Waals surface area contributed by atoms with Gasteiger partial charge in [0.1, 0.15) is 18.0 Å². The van der Waals surface area contributed by atoms with Crippen molar-refractivity contribution in [2.24, 2.45) is 5.41 Å². The van der Waals surface area contributed by atoms with E-state index in [0.29, 0.717) is 49.5 Å². The highest BCUT2D eigenvalue weighted by molar-refractivity contribution is 7.79. The maximum Gasteiger partial charge on any atom is 0.213 e. The summed E-state index contributed by atoms with van der Waals surface area (Å²) in [7, 11) is 0. The van der Waals surface area contributed by atoms with Crippen molar-refractivity contribution in [2.45, 2.75) is 32.0 Å². The molecule has 1 saturated carbocycles. The number of aromatic nitrogens is 2. The minimum Gasteiger partial charge on any atom is -0.486 e. The number of hydrogen-bond donors (Lipinski definition) is 4. The molecule has 0 amide bonds. The summed E-state index contributed by atoms with van der Waals surface area (Å²) in [6.07, 6.45) is 8.32. The van der Waals surface area contributed by atoms with Crippen LogP contribution in [0.4, 0.5) is 5.69 Å². The fraction of sp³-hybridized carbons (Fsp3) is 0.346. The van der Waals surface area contributed by atoms with Crippen LogP contribution in [0.2, 0.25) is 10.0 Å². The molecule has 7 nitrogen and oxygen atoms in total. The average Bonchev–Trinajstić information content (AvgIpc) is 2.82. The number of hydrogen-bond acceptors (Lipinski definition) is 8. The van der Waals surface area contributed by atoms with Crippen molar-refractivity contribution in [3.05, 3.63) is 75.7 Å². The zero-order valence-electron chi connectivity index (χ0n) is 20.1. The number of nitrogens with one attached hydrogen (secondary N) is 2. The first-order valence-corrected chi connectivity index (χ1v) is 13.2. The molecule has 36 heavy (non-hydrogen) atoms. The van der Waals surface area contributed by atoms with Gasteiger partial charge in [0.2, 0.25) is 5.88 Å². The van der Waals surface area contributed by atoms with Gasteiger partial charge in [-0.1, -0.05) is 23.2 Å². The van der Waals surface area contributed by atoms with Crippen molar-refractivity contribution in [3.8, 4) is 11.6 Å². The van der Waals surface area contributed by atoms with Gasteiger partial charge >= 0.3 is 0 Å². The van der Waals surface area contributed by atoms with Crippen LogP contribution in [0.25, 0.3) is 0 Å². The van der Waals surface area contributed by atoms with Gasteiger partial charge in [-0.15, -0.1) is 0 Å². The average molecular weight is 547 g/mol. The summed E-state index contributed by atoms with van der Waals surface area (Å²) in [6.45, 7) is 4.02. The number of halogens is 2. The van der Waals surface area contributed by atoms with Crippen LogP contribution in [0.3, 0.4) is 0 Å². The molecule has 1 spiro atoms. The first kappa shape index (κ1) is 26.5. The molecule has 3 aromatic rings. The SMILES string of the molecule is CS.C[C@@H](Oc1ccc(N)c(C(=N)c2ccc(OC3CC4(CNC4)C3)nc2)c1)c1c(Cl)cncc1Cl. The Balaban J connectivity index is 0.00000148. The third-order valence-electron chi connectivity index (χ3n) is 6.54. The number of nitrogens with zero attached hydrogens (tertiary/aromatic N) is 2. The van der Waals surface area contributed by atoms with Crippen LogP contribution >= 0.6 is 35.8 Å². The van der Waals surface area contributed by atoms with Crippen molar-refractivity contribution in [1.82, 2.24) is 15.3 Å². The zero-order chi connectivity index (χ0) is 25.9. The minimum absolute atomic E-state index is 0.216. The van der Waals surface area contributed by atoms with E-state index in [4.69, 9.17) is 43.8 Å². The number of rotatable bonds is 7. The summed E-state index contributed by atoms with van der Waals surface area (Å²) < 4.78 is 12.1. The number of nitrogen functional groups attached to an aromatic ring is 1. The lowest BCUT2D eigenvalue weighted by Crippen LogP contribution is -2.62. The second-order valence-electron chi connectivity index (χ2n) is 9.04. The molecule has 10 heteroatoms. The smallest absolute Gasteiger partial charge is 0.213 e. The van der Waals surface area contributed by atoms with Gasteiger partial charge in [0.15, 0.2) is 0 Å². The number of ether oxygens (including phenoxy) is 2. The van der Waals surface area contributed by atoms with E-state index in [2.05, 4.69) is 27.9 Å². The van der Waals surface area contributed by atoms with E-state index in [1.54, 1.807) is 36.7 Å². The molecule has 2 aromatic heterocycles. The summed E-state index contributed by atoms with van der Waals surface area (Å²) >= 11 is 16.0. The molecule has 1 aliphatic carbocycles. The highest BCUT2D eigenvalue weighted by Gasteiger charge is 2.49. The maximum absolute atomic E-state index is 8.69. The number of pyridine rings is 2. The molecule has 4 N–H and O–H groups in total. The van der Waals surface area contributed by atoms with E-state index in [1.165, 1.54) is 12.4 Å². The molecule has 2 aliphatic rings. The third-order valence-corrected chi connectivity index (χ3v) is 7.14. The molecule has 1 aliphatic heterocycles. The lowest BCUT2D eigenvalue weighted by molar-refractivity contribution is -0.0513. The number of thiol groups is 1.